The van der Waals surface area contributed by atoms with Crippen LogP contribution in [-0.4, -0.2) is 17.7 Å². The van der Waals surface area contributed by atoms with Crippen molar-refractivity contribution in [3.05, 3.63) is 67.6 Å². The van der Waals surface area contributed by atoms with E-state index in [0.29, 0.717) is 31.2 Å². The molecule has 0 aliphatic carbocycles. The van der Waals surface area contributed by atoms with Crippen molar-refractivity contribution < 1.29 is 5.11 Å². The van der Waals surface area contributed by atoms with Crippen molar-refractivity contribution in [1.82, 2.24) is 5.32 Å². The third-order valence-corrected chi connectivity index (χ3v) is 5.04. The molecule has 2 aromatic rings. The van der Waals surface area contributed by atoms with Gasteiger partial charge in [-0.05, 0) is 66.9 Å². The smallest absolute Gasteiger partial charge is 0.130 e. The number of nitrogens with one attached hydrogen (secondary N) is 1. The average Bonchev–Trinajstić information content (AvgIpc) is 2.98. The molecule has 1 aliphatic rings. The Hall–Kier alpha value is -0.480. The van der Waals surface area contributed by atoms with E-state index in [1.807, 2.05) is 0 Å². The summed E-state index contributed by atoms with van der Waals surface area (Å²) in [6, 6.07) is 10.0. The number of rotatable bonds is 3. The normalized spacial score (nSPS) is 18.4. The molecule has 0 unspecified atom stereocenters. The van der Waals surface area contributed by atoms with E-state index < -0.39 is 5.60 Å². The third kappa shape index (κ3) is 3.48. The maximum Gasteiger partial charge on any atom is 0.130 e. The number of aliphatic hydroxyl groups is 1. The van der Waals surface area contributed by atoms with Crippen LogP contribution in [0, 0.1) is 0 Å². The Morgan fingerprint density at radius 1 is 0.826 bits per heavy atom. The fraction of sp³-hybridized carbons (Fsp3) is 0.294. The molecule has 2 N–H and O–H groups in total. The largest absolute Gasteiger partial charge is 0.379 e. The SMILES string of the molecule is OC(c1cc(Cl)cc(Cl)c1)(c1cc(Cl)cc(Cl)c1)[C@@H]1CCCN1. The molecule has 0 aromatic heterocycles. The molecule has 0 bridgehead atoms. The Morgan fingerprint density at radius 3 is 1.61 bits per heavy atom. The molecule has 1 atom stereocenters. The van der Waals surface area contributed by atoms with Crippen molar-refractivity contribution in [2.75, 3.05) is 6.54 Å². The van der Waals surface area contributed by atoms with Gasteiger partial charge in [-0.25, -0.2) is 0 Å². The topological polar surface area (TPSA) is 32.3 Å². The first-order valence-corrected chi connectivity index (χ1v) is 8.79. The van der Waals surface area contributed by atoms with Crippen LogP contribution < -0.4 is 5.32 Å². The average molecular weight is 391 g/mol. The monoisotopic (exact) mass is 389 g/mol. The van der Waals surface area contributed by atoms with Gasteiger partial charge in [0.2, 0.25) is 0 Å². The lowest BCUT2D eigenvalue weighted by molar-refractivity contribution is 0.0443. The minimum atomic E-state index is -1.32. The van der Waals surface area contributed by atoms with E-state index in [2.05, 4.69) is 5.32 Å². The van der Waals surface area contributed by atoms with Crippen LogP contribution in [0.2, 0.25) is 20.1 Å². The molecule has 6 heteroatoms. The maximum absolute atomic E-state index is 11.7. The summed E-state index contributed by atoms with van der Waals surface area (Å²) in [7, 11) is 0. The number of hydrogen-bond donors (Lipinski definition) is 2. The molecule has 0 spiro atoms. The molecule has 2 nitrogen and oxygen atoms in total. The highest BCUT2D eigenvalue weighted by Gasteiger charge is 2.42. The van der Waals surface area contributed by atoms with Crippen molar-refractivity contribution in [3.63, 3.8) is 0 Å². The number of halogens is 4. The van der Waals surface area contributed by atoms with Crippen LogP contribution in [0.4, 0.5) is 0 Å². The highest BCUT2D eigenvalue weighted by atomic mass is 35.5. The van der Waals surface area contributed by atoms with Gasteiger partial charge < -0.3 is 10.4 Å². The fourth-order valence-corrected chi connectivity index (χ4v) is 4.21. The van der Waals surface area contributed by atoms with Gasteiger partial charge in [0.25, 0.3) is 0 Å². The Kier molecular flexibility index (Phi) is 5.12. The summed E-state index contributed by atoms with van der Waals surface area (Å²) >= 11 is 24.6. The molecule has 23 heavy (non-hydrogen) atoms. The summed E-state index contributed by atoms with van der Waals surface area (Å²) in [6.07, 6.45) is 1.81. The van der Waals surface area contributed by atoms with Crippen molar-refractivity contribution in [2.45, 2.75) is 24.5 Å². The van der Waals surface area contributed by atoms with Crippen LogP contribution in [0.25, 0.3) is 0 Å². The summed E-state index contributed by atoms with van der Waals surface area (Å²) in [5.74, 6) is 0. The van der Waals surface area contributed by atoms with Crippen molar-refractivity contribution in [3.8, 4) is 0 Å². The summed E-state index contributed by atoms with van der Waals surface area (Å²) in [5, 5.41) is 16.9. The van der Waals surface area contributed by atoms with Gasteiger partial charge in [-0.3, -0.25) is 0 Å². The molecule has 0 saturated carbocycles. The molecule has 122 valence electrons. The van der Waals surface area contributed by atoms with Crippen LogP contribution in [0.3, 0.4) is 0 Å². The summed E-state index contributed by atoms with van der Waals surface area (Å²) in [6.45, 7) is 0.843. The van der Waals surface area contributed by atoms with Gasteiger partial charge in [0.05, 0.1) is 0 Å². The van der Waals surface area contributed by atoms with Gasteiger partial charge >= 0.3 is 0 Å². The van der Waals surface area contributed by atoms with Crippen molar-refractivity contribution in [1.29, 1.82) is 0 Å². The lowest BCUT2D eigenvalue weighted by atomic mass is 9.79. The zero-order chi connectivity index (χ0) is 16.6. The highest BCUT2D eigenvalue weighted by molar-refractivity contribution is 6.35. The Balaban J connectivity index is 2.21. The molecule has 0 amide bonds. The Labute approximate surface area is 155 Å². The van der Waals surface area contributed by atoms with Crippen LogP contribution in [0.1, 0.15) is 24.0 Å². The van der Waals surface area contributed by atoms with E-state index in [0.717, 1.165) is 19.4 Å². The predicted octanol–water partition coefficient (Wildman–Crippen LogP) is 5.29. The second-order valence-corrected chi connectivity index (χ2v) is 7.48. The first-order chi connectivity index (χ1) is 10.9. The molecule has 1 aliphatic heterocycles. The van der Waals surface area contributed by atoms with Gasteiger partial charge in [-0.15, -0.1) is 0 Å². The minimum absolute atomic E-state index is 0.174. The third-order valence-electron chi connectivity index (χ3n) is 4.17. The lowest BCUT2D eigenvalue weighted by Crippen LogP contribution is -2.46. The standard InChI is InChI=1S/C17H15Cl4NO/c18-12-4-10(5-13(19)8-12)17(23,16-2-1-3-22-16)11-6-14(20)9-15(21)7-11/h4-9,16,22-23H,1-3H2/t16-/m0/s1. The number of hydrogen-bond acceptors (Lipinski definition) is 2. The molecular weight excluding hydrogens is 376 g/mol. The van der Waals surface area contributed by atoms with Crippen LogP contribution in [0.5, 0.6) is 0 Å². The summed E-state index contributed by atoms with van der Waals surface area (Å²) in [4.78, 5) is 0. The van der Waals surface area contributed by atoms with Gasteiger partial charge in [0.15, 0.2) is 0 Å². The molecule has 1 fully saturated rings. The van der Waals surface area contributed by atoms with Gasteiger partial charge in [-0.2, -0.15) is 0 Å². The molecule has 1 heterocycles. The molecule has 1 saturated heterocycles. The summed E-state index contributed by atoms with van der Waals surface area (Å²) < 4.78 is 0. The van der Waals surface area contributed by atoms with E-state index >= 15 is 0 Å². The first kappa shape index (κ1) is 17.3. The quantitative estimate of drug-likeness (QED) is 0.746. The van der Waals surface area contributed by atoms with E-state index in [4.69, 9.17) is 46.4 Å². The van der Waals surface area contributed by atoms with Gasteiger partial charge in [0, 0.05) is 26.1 Å². The second kappa shape index (κ2) is 6.79. The van der Waals surface area contributed by atoms with E-state index in [1.165, 1.54) is 0 Å². The molecule has 3 rings (SSSR count). The minimum Gasteiger partial charge on any atom is -0.379 e. The van der Waals surface area contributed by atoms with Crippen molar-refractivity contribution in [2.24, 2.45) is 0 Å². The van der Waals surface area contributed by atoms with Gasteiger partial charge in [-0.1, -0.05) is 46.4 Å². The Bertz CT molecular complexity index is 637. The maximum atomic E-state index is 11.7. The molecule has 0 radical (unpaired) electrons. The van der Waals surface area contributed by atoms with E-state index in [9.17, 15) is 5.11 Å². The summed E-state index contributed by atoms with van der Waals surface area (Å²) in [5.41, 5.74) is -0.0833. The zero-order valence-corrected chi connectivity index (χ0v) is 15.1. The van der Waals surface area contributed by atoms with Crippen molar-refractivity contribution >= 4 is 46.4 Å². The Morgan fingerprint density at radius 2 is 1.26 bits per heavy atom. The second-order valence-electron chi connectivity index (χ2n) is 5.73. The number of benzene rings is 2. The molecule has 2 aromatic carbocycles. The fourth-order valence-electron chi connectivity index (χ4n) is 3.16. The van der Waals surface area contributed by atoms with Gasteiger partial charge in [0.1, 0.15) is 5.60 Å². The lowest BCUT2D eigenvalue weighted by Gasteiger charge is -2.36. The van der Waals surface area contributed by atoms with Crippen LogP contribution in [0.15, 0.2) is 36.4 Å². The first-order valence-electron chi connectivity index (χ1n) is 7.28. The molecular formula is C17H15Cl4NO. The van der Waals surface area contributed by atoms with Crippen LogP contribution in [-0.2, 0) is 5.60 Å². The highest BCUT2D eigenvalue weighted by Crippen LogP contribution is 2.40. The van der Waals surface area contributed by atoms with E-state index in [1.54, 1.807) is 36.4 Å². The zero-order valence-electron chi connectivity index (χ0n) is 12.1. The van der Waals surface area contributed by atoms with Crippen LogP contribution >= 0.6 is 46.4 Å². The predicted molar refractivity (Wildman–Crippen MR) is 96.9 cm³/mol. The van der Waals surface area contributed by atoms with E-state index in [-0.39, 0.29) is 6.04 Å².